The number of benzene rings is 1. The predicted molar refractivity (Wildman–Crippen MR) is 136 cm³/mol. The largest absolute Gasteiger partial charge is 0.488 e. The molecule has 1 heterocycles. The van der Waals surface area contributed by atoms with Crippen molar-refractivity contribution in [3.8, 4) is 5.75 Å². The third kappa shape index (κ3) is 8.31. The summed E-state index contributed by atoms with van der Waals surface area (Å²) in [4.78, 5) is 41.2. The molecular weight excluding hydrogens is 450 g/mol. The van der Waals surface area contributed by atoms with E-state index < -0.39 is 6.10 Å². The molecule has 0 unspecified atom stereocenters. The van der Waals surface area contributed by atoms with Gasteiger partial charge in [0.2, 0.25) is 5.91 Å². The highest BCUT2D eigenvalue weighted by Gasteiger charge is 2.32. The highest BCUT2D eigenvalue weighted by atomic mass is 16.5. The summed E-state index contributed by atoms with van der Waals surface area (Å²) in [7, 11) is 1.71. The van der Waals surface area contributed by atoms with E-state index >= 15 is 0 Å². The van der Waals surface area contributed by atoms with Gasteiger partial charge in [0.15, 0.2) is 0 Å². The second-order valence-electron chi connectivity index (χ2n) is 9.95. The minimum absolute atomic E-state index is 0.00175. The van der Waals surface area contributed by atoms with E-state index in [0.717, 1.165) is 0 Å². The minimum Gasteiger partial charge on any atom is -0.488 e. The lowest BCUT2D eigenvalue weighted by Gasteiger charge is -2.34. The summed E-state index contributed by atoms with van der Waals surface area (Å²) in [6.07, 6.45) is -0.344. The van der Waals surface area contributed by atoms with Gasteiger partial charge in [0.25, 0.3) is 0 Å². The lowest BCUT2D eigenvalue weighted by Crippen LogP contribution is -2.49. The summed E-state index contributed by atoms with van der Waals surface area (Å²) in [6, 6.07) is 4.27. The molecule has 0 bridgehead atoms. The molecule has 196 valence electrons. The van der Waals surface area contributed by atoms with Crippen LogP contribution >= 0.6 is 0 Å². The summed E-state index contributed by atoms with van der Waals surface area (Å²) < 4.78 is 6.40. The molecule has 1 aromatic carbocycles. The molecule has 0 aromatic heterocycles. The van der Waals surface area contributed by atoms with Gasteiger partial charge in [-0.3, -0.25) is 4.79 Å². The average Bonchev–Trinajstić information content (AvgIpc) is 2.80. The number of hydrogen-bond donors (Lipinski definition) is 4. The summed E-state index contributed by atoms with van der Waals surface area (Å²) in [5.74, 6) is 0.266. The van der Waals surface area contributed by atoms with Crippen LogP contribution in [0.5, 0.6) is 5.75 Å². The molecule has 10 nitrogen and oxygen atoms in total. The molecule has 3 atom stereocenters. The Kier molecular flexibility index (Phi) is 10.2. The Morgan fingerprint density at radius 2 is 1.83 bits per heavy atom. The standard InChI is InChI=1S/C25H41N5O5/c1-15(2)26-24(33)28-20-8-9-21-19(10-20)11-23(32)30(18(6)14-31)12-17(5)22(35-21)13-29(7)25(34)27-16(3)4/h8-10,15-18,22,31H,11-14H2,1-7H3,(H,27,34)(H2,26,28,33)/t17-,18-,22+/m1/s1. The summed E-state index contributed by atoms with van der Waals surface area (Å²) in [6.45, 7) is 11.8. The van der Waals surface area contributed by atoms with Gasteiger partial charge in [0, 0.05) is 42.8 Å². The van der Waals surface area contributed by atoms with Gasteiger partial charge < -0.3 is 35.6 Å². The molecule has 1 aliphatic heterocycles. The molecule has 1 aromatic rings. The van der Waals surface area contributed by atoms with Gasteiger partial charge >= 0.3 is 12.1 Å². The van der Waals surface area contributed by atoms with E-state index in [0.29, 0.717) is 30.1 Å². The van der Waals surface area contributed by atoms with Crippen LogP contribution in [-0.2, 0) is 11.2 Å². The highest BCUT2D eigenvalue weighted by Crippen LogP contribution is 2.29. The minimum atomic E-state index is -0.404. The third-order valence-electron chi connectivity index (χ3n) is 5.81. The number of hydrogen-bond acceptors (Lipinski definition) is 5. The Bertz CT molecular complexity index is 891. The first kappa shape index (κ1) is 28.2. The molecule has 0 radical (unpaired) electrons. The van der Waals surface area contributed by atoms with E-state index in [9.17, 15) is 19.5 Å². The van der Waals surface area contributed by atoms with Gasteiger partial charge in [-0.15, -0.1) is 0 Å². The SMILES string of the molecule is CC(C)NC(=O)Nc1ccc2c(c1)CC(=O)N([C@H](C)CO)C[C@@H](C)[C@H](CN(C)C(=O)NC(C)C)O2. The number of amides is 5. The van der Waals surface area contributed by atoms with Crippen molar-refractivity contribution in [2.75, 3.05) is 32.1 Å². The molecule has 0 spiro atoms. The van der Waals surface area contributed by atoms with Crippen LogP contribution in [0, 0.1) is 5.92 Å². The normalized spacial score (nSPS) is 19.1. The van der Waals surface area contributed by atoms with Crippen LogP contribution in [0.1, 0.15) is 47.1 Å². The monoisotopic (exact) mass is 491 g/mol. The van der Waals surface area contributed by atoms with E-state index in [1.165, 1.54) is 0 Å². The molecule has 0 saturated carbocycles. The molecule has 5 amide bonds. The van der Waals surface area contributed by atoms with Crippen molar-refractivity contribution in [3.63, 3.8) is 0 Å². The maximum absolute atomic E-state index is 13.3. The number of nitrogens with zero attached hydrogens (tertiary/aromatic N) is 2. The van der Waals surface area contributed by atoms with Crippen LogP contribution in [0.3, 0.4) is 0 Å². The molecule has 0 aliphatic carbocycles. The zero-order valence-electron chi connectivity index (χ0n) is 21.9. The van der Waals surface area contributed by atoms with E-state index in [1.54, 1.807) is 42.0 Å². The van der Waals surface area contributed by atoms with Crippen LogP contribution in [0.25, 0.3) is 0 Å². The number of aliphatic hydroxyl groups is 1. The average molecular weight is 492 g/mol. The first-order valence-electron chi connectivity index (χ1n) is 12.2. The number of likely N-dealkylation sites (N-methyl/N-ethyl adjacent to an activating group) is 1. The number of anilines is 1. The molecular formula is C25H41N5O5. The Balaban J connectivity index is 2.38. The van der Waals surface area contributed by atoms with Gasteiger partial charge in [-0.2, -0.15) is 0 Å². The Morgan fingerprint density at radius 1 is 1.17 bits per heavy atom. The van der Waals surface area contributed by atoms with Gasteiger partial charge in [0.1, 0.15) is 11.9 Å². The quantitative estimate of drug-likeness (QED) is 0.466. The van der Waals surface area contributed by atoms with Crippen LogP contribution in [0.15, 0.2) is 18.2 Å². The van der Waals surface area contributed by atoms with Crippen molar-refractivity contribution in [2.24, 2.45) is 5.92 Å². The smallest absolute Gasteiger partial charge is 0.319 e. The molecule has 1 aliphatic rings. The van der Waals surface area contributed by atoms with Crippen molar-refractivity contribution in [1.29, 1.82) is 0 Å². The third-order valence-corrected chi connectivity index (χ3v) is 5.81. The Hall–Kier alpha value is -3.01. The maximum atomic E-state index is 13.3. The van der Waals surface area contributed by atoms with Crippen LogP contribution in [-0.4, -0.2) is 83.8 Å². The second kappa shape index (κ2) is 12.6. The van der Waals surface area contributed by atoms with Gasteiger partial charge in [-0.05, 0) is 52.8 Å². The van der Waals surface area contributed by atoms with Crippen molar-refractivity contribution in [3.05, 3.63) is 23.8 Å². The number of ether oxygens (including phenoxy) is 1. The van der Waals surface area contributed by atoms with E-state index in [4.69, 9.17) is 4.74 Å². The van der Waals surface area contributed by atoms with Crippen molar-refractivity contribution in [1.82, 2.24) is 20.4 Å². The first-order chi connectivity index (χ1) is 16.4. The number of nitrogens with one attached hydrogen (secondary N) is 3. The molecule has 35 heavy (non-hydrogen) atoms. The summed E-state index contributed by atoms with van der Waals surface area (Å²) in [5, 5.41) is 18.2. The van der Waals surface area contributed by atoms with Gasteiger partial charge in [0.05, 0.1) is 25.6 Å². The van der Waals surface area contributed by atoms with Gasteiger partial charge in [-0.1, -0.05) is 6.92 Å². The van der Waals surface area contributed by atoms with E-state index in [-0.39, 0.29) is 55.0 Å². The van der Waals surface area contributed by atoms with Crippen molar-refractivity contribution in [2.45, 2.75) is 72.2 Å². The Labute approximate surface area is 208 Å². The summed E-state index contributed by atoms with van der Waals surface area (Å²) >= 11 is 0. The molecule has 2 rings (SSSR count). The Morgan fingerprint density at radius 3 is 2.43 bits per heavy atom. The number of fused-ring (bicyclic) bond motifs is 1. The highest BCUT2D eigenvalue weighted by molar-refractivity contribution is 5.90. The molecule has 0 fully saturated rings. The topological polar surface area (TPSA) is 123 Å². The number of carbonyl (C=O) groups excluding carboxylic acids is 3. The molecule has 4 N–H and O–H groups in total. The van der Waals surface area contributed by atoms with E-state index in [2.05, 4.69) is 16.0 Å². The fraction of sp³-hybridized carbons (Fsp3) is 0.640. The molecule has 10 heteroatoms. The lowest BCUT2D eigenvalue weighted by molar-refractivity contribution is -0.134. The number of aliphatic hydroxyl groups excluding tert-OH is 1. The summed E-state index contributed by atoms with van der Waals surface area (Å²) in [5.41, 5.74) is 1.17. The van der Waals surface area contributed by atoms with Crippen molar-refractivity contribution >= 4 is 23.7 Å². The predicted octanol–water partition coefficient (Wildman–Crippen LogP) is 2.42. The maximum Gasteiger partial charge on any atom is 0.319 e. The number of carbonyl (C=O) groups is 3. The molecule has 0 saturated heterocycles. The fourth-order valence-electron chi connectivity index (χ4n) is 3.86. The van der Waals surface area contributed by atoms with Crippen LogP contribution in [0.2, 0.25) is 0 Å². The number of urea groups is 2. The van der Waals surface area contributed by atoms with Gasteiger partial charge in [-0.25, -0.2) is 9.59 Å². The second-order valence-corrected chi connectivity index (χ2v) is 9.95. The fourth-order valence-corrected chi connectivity index (χ4v) is 3.86. The van der Waals surface area contributed by atoms with Crippen LogP contribution < -0.4 is 20.7 Å². The van der Waals surface area contributed by atoms with Crippen LogP contribution in [0.4, 0.5) is 15.3 Å². The number of rotatable bonds is 7. The van der Waals surface area contributed by atoms with Crippen molar-refractivity contribution < 1.29 is 24.2 Å². The zero-order chi connectivity index (χ0) is 26.3. The zero-order valence-corrected chi connectivity index (χ0v) is 21.9. The van der Waals surface area contributed by atoms with E-state index in [1.807, 2.05) is 34.6 Å². The first-order valence-corrected chi connectivity index (χ1v) is 12.2. The lowest BCUT2D eigenvalue weighted by atomic mass is 10.0.